The number of methoxy groups -OCH3 is 1. The van der Waals surface area contributed by atoms with Crippen molar-refractivity contribution in [3.8, 4) is 5.75 Å². The fourth-order valence-electron chi connectivity index (χ4n) is 2.22. The summed E-state index contributed by atoms with van der Waals surface area (Å²) in [5.74, 6) is 0.668. The summed E-state index contributed by atoms with van der Waals surface area (Å²) in [4.78, 5) is 0.335. The lowest BCUT2D eigenvalue weighted by Gasteiger charge is -2.16. The number of benzene rings is 1. The Labute approximate surface area is 128 Å². The number of ether oxygens (including phenoxy) is 1. The topological polar surface area (TPSA) is 67.4 Å². The summed E-state index contributed by atoms with van der Waals surface area (Å²) in [5.41, 5.74) is 0.764. The lowest BCUT2D eigenvalue weighted by atomic mass is 10.1. The maximum Gasteiger partial charge on any atom is 0.241 e. The SMILES string of the molecule is CCCC(C)NS(=O)(=O)c1ccc(OC)cc1CCNC. The quantitative estimate of drug-likeness (QED) is 0.731. The first-order valence-electron chi connectivity index (χ1n) is 7.28. The predicted molar refractivity (Wildman–Crippen MR) is 85.3 cm³/mol. The molecule has 0 heterocycles. The molecule has 6 heteroatoms. The van der Waals surface area contributed by atoms with Crippen molar-refractivity contribution < 1.29 is 13.2 Å². The van der Waals surface area contributed by atoms with Crippen molar-refractivity contribution in [1.29, 1.82) is 0 Å². The molecule has 0 amide bonds. The van der Waals surface area contributed by atoms with Crippen LogP contribution in [-0.4, -0.2) is 35.2 Å². The van der Waals surface area contributed by atoms with Crippen molar-refractivity contribution in [3.05, 3.63) is 23.8 Å². The van der Waals surface area contributed by atoms with Gasteiger partial charge in [-0.05, 0) is 57.1 Å². The number of hydrogen-bond donors (Lipinski definition) is 2. The summed E-state index contributed by atoms with van der Waals surface area (Å²) >= 11 is 0. The molecule has 0 radical (unpaired) electrons. The lowest BCUT2D eigenvalue weighted by molar-refractivity contribution is 0.413. The van der Waals surface area contributed by atoms with Gasteiger partial charge in [0.25, 0.3) is 0 Å². The molecule has 0 bridgehead atoms. The molecule has 0 aliphatic rings. The van der Waals surface area contributed by atoms with Crippen molar-refractivity contribution in [1.82, 2.24) is 10.0 Å². The molecule has 0 saturated heterocycles. The molecule has 1 unspecified atom stereocenters. The zero-order valence-electron chi connectivity index (χ0n) is 13.3. The number of sulfonamides is 1. The van der Waals surface area contributed by atoms with Gasteiger partial charge in [-0.3, -0.25) is 0 Å². The maximum absolute atomic E-state index is 12.5. The largest absolute Gasteiger partial charge is 0.497 e. The fourth-order valence-corrected chi connectivity index (χ4v) is 3.75. The van der Waals surface area contributed by atoms with Gasteiger partial charge >= 0.3 is 0 Å². The van der Waals surface area contributed by atoms with Gasteiger partial charge in [0.15, 0.2) is 0 Å². The highest BCUT2D eigenvalue weighted by Gasteiger charge is 2.20. The van der Waals surface area contributed by atoms with Crippen molar-refractivity contribution >= 4 is 10.0 Å². The molecular formula is C15H26N2O3S. The van der Waals surface area contributed by atoms with Crippen LogP contribution in [0.25, 0.3) is 0 Å². The van der Waals surface area contributed by atoms with E-state index in [1.807, 2.05) is 20.9 Å². The number of hydrogen-bond acceptors (Lipinski definition) is 4. The van der Waals surface area contributed by atoms with Gasteiger partial charge in [0.2, 0.25) is 10.0 Å². The van der Waals surface area contributed by atoms with E-state index >= 15 is 0 Å². The molecule has 21 heavy (non-hydrogen) atoms. The summed E-state index contributed by atoms with van der Waals surface area (Å²) in [6.45, 7) is 4.63. The first-order valence-corrected chi connectivity index (χ1v) is 8.76. The predicted octanol–water partition coefficient (Wildman–Crippen LogP) is 1.92. The van der Waals surface area contributed by atoms with Crippen molar-refractivity contribution in [2.45, 2.75) is 44.0 Å². The van der Waals surface area contributed by atoms with E-state index in [2.05, 4.69) is 10.0 Å². The molecule has 2 N–H and O–H groups in total. The highest BCUT2D eigenvalue weighted by Crippen LogP contribution is 2.22. The molecule has 0 aliphatic carbocycles. The van der Waals surface area contributed by atoms with Crippen LogP contribution in [0.15, 0.2) is 23.1 Å². The Kier molecular flexibility index (Phi) is 7.14. The van der Waals surface area contributed by atoms with Gasteiger partial charge in [-0.1, -0.05) is 13.3 Å². The van der Waals surface area contributed by atoms with Gasteiger partial charge in [-0.15, -0.1) is 0 Å². The molecule has 1 atom stereocenters. The van der Waals surface area contributed by atoms with E-state index in [-0.39, 0.29) is 6.04 Å². The molecule has 0 spiro atoms. The van der Waals surface area contributed by atoms with Gasteiger partial charge in [0.1, 0.15) is 5.75 Å². The van der Waals surface area contributed by atoms with Crippen molar-refractivity contribution in [2.24, 2.45) is 0 Å². The number of rotatable bonds is 9. The second kappa shape index (κ2) is 8.36. The van der Waals surface area contributed by atoms with Crippen LogP contribution < -0.4 is 14.8 Å². The van der Waals surface area contributed by atoms with Crippen LogP contribution in [0.5, 0.6) is 5.75 Å². The summed E-state index contributed by atoms with van der Waals surface area (Å²) in [6, 6.07) is 5.02. The van der Waals surface area contributed by atoms with E-state index in [1.54, 1.807) is 25.3 Å². The first-order chi connectivity index (χ1) is 9.94. The molecule has 0 fully saturated rings. The third-order valence-electron chi connectivity index (χ3n) is 3.28. The molecule has 1 aromatic carbocycles. The third kappa shape index (κ3) is 5.30. The van der Waals surface area contributed by atoms with Crippen LogP contribution in [-0.2, 0) is 16.4 Å². The van der Waals surface area contributed by atoms with Gasteiger partial charge in [0, 0.05) is 6.04 Å². The van der Waals surface area contributed by atoms with Crippen LogP contribution >= 0.6 is 0 Å². The molecule has 0 saturated carbocycles. The highest BCUT2D eigenvalue weighted by atomic mass is 32.2. The van der Waals surface area contributed by atoms with Gasteiger partial charge in [0.05, 0.1) is 12.0 Å². The molecule has 0 aromatic heterocycles. The van der Waals surface area contributed by atoms with Crippen LogP contribution in [0, 0.1) is 0 Å². The number of likely N-dealkylation sites (N-methyl/N-ethyl adjacent to an activating group) is 1. The van der Waals surface area contributed by atoms with Gasteiger partial charge in [-0.2, -0.15) is 0 Å². The Morgan fingerprint density at radius 2 is 2.05 bits per heavy atom. The summed E-state index contributed by atoms with van der Waals surface area (Å²) < 4.78 is 33.0. The summed E-state index contributed by atoms with van der Waals surface area (Å²) in [7, 11) is -0.0816. The molecule has 5 nitrogen and oxygen atoms in total. The average Bonchev–Trinajstić information content (AvgIpc) is 2.44. The standard InChI is InChI=1S/C15H26N2O3S/c1-5-6-12(2)17-21(18,19)15-8-7-14(20-4)11-13(15)9-10-16-3/h7-8,11-12,16-17H,5-6,9-10H2,1-4H3. The lowest BCUT2D eigenvalue weighted by Crippen LogP contribution is -2.33. The third-order valence-corrected chi connectivity index (χ3v) is 4.97. The minimum atomic E-state index is -3.50. The fraction of sp³-hybridized carbons (Fsp3) is 0.600. The first kappa shape index (κ1) is 17.9. The molecular weight excluding hydrogens is 288 g/mol. The smallest absolute Gasteiger partial charge is 0.241 e. The van der Waals surface area contributed by atoms with Crippen LogP contribution in [0.2, 0.25) is 0 Å². The highest BCUT2D eigenvalue weighted by molar-refractivity contribution is 7.89. The average molecular weight is 314 g/mol. The maximum atomic E-state index is 12.5. The van der Waals surface area contributed by atoms with E-state index in [0.717, 1.165) is 18.4 Å². The van der Waals surface area contributed by atoms with E-state index in [9.17, 15) is 8.42 Å². The monoisotopic (exact) mass is 314 g/mol. The second-order valence-electron chi connectivity index (χ2n) is 5.14. The Balaban J connectivity index is 3.08. The minimum absolute atomic E-state index is 0.0701. The Morgan fingerprint density at radius 3 is 2.62 bits per heavy atom. The molecule has 0 aliphatic heterocycles. The Bertz CT molecular complexity index is 544. The van der Waals surface area contributed by atoms with E-state index in [0.29, 0.717) is 23.6 Å². The number of nitrogens with one attached hydrogen (secondary N) is 2. The van der Waals surface area contributed by atoms with Crippen LogP contribution in [0.1, 0.15) is 32.3 Å². The molecule has 1 aromatic rings. The van der Waals surface area contributed by atoms with Gasteiger partial charge in [-0.25, -0.2) is 13.1 Å². The summed E-state index contributed by atoms with van der Waals surface area (Å²) in [5, 5.41) is 3.04. The van der Waals surface area contributed by atoms with Crippen LogP contribution in [0.3, 0.4) is 0 Å². The molecule has 120 valence electrons. The normalized spacial score (nSPS) is 13.1. The zero-order chi connectivity index (χ0) is 15.9. The molecule has 1 rings (SSSR count). The summed E-state index contributed by atoms with van der Waals surface area (Å²) in [6.07, 6.45) is 2.40. The van der Waals surface area contributed by atoms with E-state index in [1.165, 1.54) is 0 Å². The van der Waals surface area contributed by atoms with Crippen molar-refractivity contribution in [2.75, 3.05) is 20.7 Å². The zero-order valence-corrected chi connectivity index (χ0v) is 14.1. The van der Waals surface area contributed by atoms with Crippen LogP contribution in [0.4, 0.5) is 0 Å². The van der Waals surface area contributed by atoms with E-state index in [4.69, 9.17) is 4.74 Å². The van der Waals surface area contributed by atoms with Crippen molar-refractivity contribution in [3.63, 3.8) is 0 Å². The Hall–Kier alpha value is -1.11. The Morgan fingerprint density at radius 1 is 1.33 bits per heavy atom. The second-order valence-corrected chi connectivity index (χ2v) is 6.82. The van der Waals surface area contributed by atoms with E-state index < -0.39 is 10.0 Å². The minimum Gasteiger partial charge on any atom is -0.497 e. The van der Waals surface area contributed by atoms with Gasteiger partial charge < -0.3 is 10.1 Å².